The molecule has 0 N–H and O–H groups in total. The molecule has 0 spiro atoms. The van der Waals surface area contributed by atoms with Crippen molar-refractivity contribution in [3.63, 3.8) is 0 Å². The van der Waals surface area contributed by atoms with Crippen LogP contribution in [-0.2, 0) is 0 Å². The SMILES string of the molecule is [2H]C(C)(C)c1cc(C([2H])(C)C)c(-c2ccc3c(c2)-c2ccc(C#N)cc2-c2ccccc2-c2ncccc2-3)c(C([2H])(C)C)c1-c1ccc2c(c1)-c1ccccc1-c1ccccc1-c1cc(-c3cccc4c3oc3ccccc34)ccc1-2. The molecule has 12 aromatic rings. The first-order valence-electron chi connectivity index (χ1n) is 28.4. The van der Waals surface area contributed by atoms with Crippen LogP contribution in [0.2, 0.25) is 0 Å². The van der Waals surface area contributed by atoms with Crippen LogP contribution in [-0.4, -0.2) is 4.98 Å². The van der Waals surface area contributed by atoms with Crippen molar-refractivity contribution in [1.29, 1.82) is 5.26 Å². The fourth-order valence-electron chi connectivity index (χ4n) is 12.8. The molecular formula is C75H56N2O. The number of rotatable bonds is 6. The first-order chi connectivity index (χ1) is 39.0. The van der Waals surface area contributed by atoms with Crippen molar-refractivity contribution < 1.29 is 8.53 Å². The molecule has 3 heteroatoms. The van der Waals surface area contributed by atoms with Crippen LogP contribution < -0.4 is 0 Å². The number of furan rings is 1. The number of benzene rings is 10. The van der Waals surface area contributed by atoms with Gasteiger partial charge in [-0.2, -0.15) is 5.26 Å². The number of para-hydroxylation sites is 2. The predicted molar refractivity (Wildman–Crippen MR) is 325 cm³/mol. The van der Waals surface area contributed by atoms with E-state index in [1.807, 2.05) is 90.2 Å². The van der Waals surface area contributed by atoms with E-state index in [2.05, 4.69) is 170 Å². The van der Waals surface area contributed by atoms with Crippen LogP contribution in [0.25, 0.3) is 144 Å². The minimum absolute atomic E-state index is 0.561. The fourth-order valence-corrected chi connectivity index (χ4v) is 12.8. The van der Waals surface area contributed by atoms with Crippen molar-refractivity contribution in [2.45, 2.75) is 59.2 Å². The van der Waals surface area contributed by atoms with Crippen LogP contribution in [0.4, 0.5) is 0 Å². The lowest BCUT2D eigenvalue weighted by molar-refractivity contribution is 0.670. The number of nitriles is 1. The number of nitrogens with zero attached hydrogens (tertiary/aromatic N) is 2. The summed E-state index contributed by atoms with van der Waals surface area (Å²) < 4.78 is 37.0. The van der Waals surface area contributed by atoms with Gasteiger partial charge in [0.25, 0.3) is 0 Å². The Hall–Kier alpha value is -9.36. The molecule has 0 bridgehead atoms. The van der Waals surface area contributed by atoms with E-state index in [0.29, 0.717) is 5.56 Å². The number of pyridine rings is 1. The molecule has 2 heterocycles. The molecule has 0 atom stereocenters. The van der Waals surface area contributed by atoms with Gasteiger partial charge in [-0.25, -0.2) is 0 Å². The standard InChI is InChI=1S/C75H56N2O/c1-43(2)64-41-65(44(3)4)73(49-31-35-58-62-26-16-36-77-74(62)61-23-12-11-21-55(61)66-37-46(42-76)28-32-59(66)69(58)40-49)71(45(5)6)72(64)48-30-34-57-56-33-29-47(50-24-15-25-63-60-22-13-14-27-70(60)78-75(50)63)38-67(56)53-19-9-7-17-51(53)52-18-8-10-20-54(52)68(57)39-48/h7-41,43-45H,1-6H3/i43D,44D,45D. The molecular weight excluding hydrogens is 945 g/mol. The molecule has 14 rings (SSSR count). The Bertz CT molecular complexity index is 4670. The molecule has 372 valence electrons. The van der Waals surface area contributed by atoms with Crippen molar-refractivity contribution in [1.82, 2.24) is 4.98 Å². The molecule has 2 aliphatic carbocycles. The number of hydrogen-bond donors (Lipinski definition) is 0. The highest BCUT2D eigenvalue weighted by Crippen LogP contribution is 2.54. The van der Waals surface area contributed by atoms with Gasteiger partial charge in [0.2, 0.25) is 0 Å². The Morgan fingerprint density at radius 1 is 0.385 bits per heavy atom. The van der Waals surface area contributed by atoms with Gasteiger partial charge >= 0.3 is 0 Å². The van der Waals surface area contributed by atoms with E-state index in [9.17, 15) is 9.37 Å². The largest absolute Gasteiger partial charge is 0.455 e. The Kier molecular flexibility index (Phi) is 10.4. The third-order valence-electron chi connectivity index (χ3n) is 16.3. The zero-order valence-electron chi connectivity index (χ0n) is 47.5. The van der Waals surface area contributed by atoms with E-state index in [0.717, 1.165) is 161 Å². The second-order valence-corrected chi connectivity index (χ2v) is 21.6. The van der Waals surface area contributed by atoms with E-state index < -0.39 is 17.7 Å². The van der Waals surface area contributed by atoms with Crippen molar-refractivity contribution in [3.05, 3.63) is 235 Å². The summed E-state index contributed by atoms with van der Waals surface area (Å²) in [6.45, 7) is 11.6. The first-order valence-corrected chi connectivity index (χ1v) is 26.9. The maximum Gasteiger partial charge on any atom is 0.143 e. The van der Waals surface area contributed by atoms with Gasteiger partial charge in [-0.3, -0.25) is 4.98 Å². The van der Waals surface area contributed by atoms with E-state index in [1.165, 1.54) is 0 Å². The van der Waals surface area contributed by atoms with Crippen LogP contribution in [0.5, 0.6) is 0 Å². The minimum atomic E-state index is -1.24. The molecule has 0 aliphatic heterocycles. The van der Waals surface area contributed by atoms with Crippen LogP contribution in [0.1, 0.15) is 85.6 Å². The van der Waals surface area contributed by atoms with E-state index >= 15 is 0 Å². The van der Waals surface area contributed by atoms with Gasteiger partial charge in [-0.15, -0.1) is 0 Å². The van der Waals surface area contributed by atoms with Gasteiger partial charge in [0.1, 0.15) is 11.2 Å². The predicted octanol–water partition coefficient (Wildman–Crippen LogP) is 21.2. The summed E-state index contributed by atoms with van der Waals surface area (Å²) in [6, 6.07) is 75.0. The number of hydrogen-bond acceptors (Lipinski definition) is 3. The quantitative estimate of drug-likeness (QED) is 0.167. The topological polar surface area (TPSA) is 49.8 Å². The van der Waals surface area contributed by atoms with E-state index in [-0.39, 0.29) is 0 Å². The monoisotopic (exact) mass is 1000 g/mol. The highest BCUT2D eigenvalue weighted by molar-refractivity contribution is 6.11. The smallest absolute Gasteiger partial charge is 0.143 e. The van der Waals surface area contributed by atoms with Gasteiger partial charge in [-0.05, 0) is 177 Å². The molecule has 0 saturated heterocycles. The maximum absolute atomic E-state index is 10.4. The highest BCUT2D eigenvalue weighted by Gasteiger charge is 2.30. The van der Waals surface area contributed by atoms with Gasteiger partial charge in [-0.1, -0.05) is 205 Å². The molecule has 0 unspecified atom stereocenters. The lowest BCUT2D eigenvalue weighted by Gasteiger charge is -2.30. The molecule has 0 fully saturated rings. The lowest BCUT2D eigenvalue weighted by Crippen LogP contribution is -2.08. The molecule has 2 aromatic heterocycles. The maximum atomic E-state index is 10.4. The number of aromatic nitrogens is 1. The van der Waals surface area contributed by atoms with Crippen LogP contribution in [0.15, 0.2) is 217 Å². The molecule has 0 amide bonds. The fraction of sp³-hybridized carbons (Fsp3) is 0.120. The minimum Gasteiger partial charge on any atom is -0.455 e. The lowest BCUT2D eigenvalue weighted by atomic mass is 9.74. The summed E-state index contributed by atoms with van der Waals surface area (Å²) in [5.41, 5.74) is 26.4. The molecule has 0 saturated carbocycles. The van der Waals surface area contributed by atoms with Gasteiger partial charge in [0.05, 0.1) is 17.3 Å². The molecule has 78 heavy (non-hydrogen) atoms. The van der Waals surface area contributed by atoms with Crippen LogP contribution in [0, 0.1) is 11.3 Å². The molecule has 10 aromatic carbocycles. The van der Waals surface area contributed by atoms with Gasteiger partial charge in [0, 0.05) is 37.8 Å². The second kappa shape index (κ2) is 18.4. The summed E-state index contributed by atoms with van der Waals surface area (Å²) in [4.78, 5) is 5.00. The normalized spacial score (nSPS) is 13.0. The molecule has 3 nitrogen and oxygen atoms in total. The zero-order chi connectivity index (χ0) is 55.7. The Morgan fingerprint density at radius 2 is 0.821 bits per heavy atom. The Morgan fingerprint density at radius 3 is 1.41 bits per heavy atom. The molecule has 0 radical (unpaired) electrons. The zero-order valence-corrected chi connectivity index (χ0v) is 44.5. The average Bonchev–Trinajstić information content (AvgIpc) is 4.00. The van der Waals surface area contributed by atoms with Crippen LogP contribution >= 0.6 is 0 Å². The van der Waals surface area contributed by atoms with Crippen molar-refractivity contribution >= 4 is 21.9 Å². The van der Waals surface area contributed by atoms with E-state index in [4.69, 9.17) is 9.40 Å². The number of fused-ring (bicyclic) bond motifs is 19. The average molecular weight is 1000 g/mol. The van der Waals surface area contributed by atoms with Crippen molar-refractivity contribution in [3.8, 4) is 129 Å². The third kappa shape index (κ3) is 7.35. The Labute approximate surface area is 461 Å². The highest BCUT2D eigenvalue weighted by atomic mass is 16.3. The van der Waals surface area contributed by atoms with Crippen molar-refractivity contribution in [2.24, 2.45) is 0 Å². The van der Waals surface area contributed by atoms with Crippen LogP contribution in [0.3, 0.4) is 0 Å². The summed E-state index contributed by atoms with van der Waals surface area (Å²) in [6.07, 6.45) is 1.83. The van der Waals surface area contributed by atoms with Gasteiger partial charge < -0.3 is 4.42 Å². The summed E-state index contributed by atoms with van der Waals surface area (Å²) in [7, 11) is 0. The second-order valence-electron chi connectivity index (χ2n) is 21.6. The molecule has 2 aliphatic rings. The third-order valence-corrected chi connectivity index (χ3v) is 16.3. The summed E-state index contributed by atoms with van der Waals surface area (Å²) in [5, 5.41) is 12.5. The first kappa shape index (κ1) is 43.8. The summed E-state index contributed by atoms with van der Waals surface area (Å²) in [5.74, 6) is -3.53. The van der Waals surface area contributed by atoms with Gasteiger partial charge in [0.15, 0.2) is 0 Å². The summed E-state index contributed by atoms with van der Waals surface area (Å²) >= 11 is 0. The Balaban J connectivity index is 1.04. The van der Waals surface area contributed by atoms with Crippen molar-refractivity contribution in [2.75, 3.05) is 0 Å². The van der Waals surface area contributed by atoms with E-state index in [1.54, 1.807) is 0 Å².